The summed E-state index contributed by atoms with van der Waals surface area (Å²) in [6.07, 6.45) is 0. The van der Waals surface area contributed by atoms with Crippen LogP contribution in [0.25, 0.3) is 81.2 Å². The molecule has 0 aliphatic carbocycles. The average Bonchev–Trinajstić information content (AvgIpc) is 3.61. The van der Waals surface area contributed by atoms with Crippen LogP contribution in [-0.4, -0.2) is 14.5 Å². The van der Waals surface area contributed by atoms with Crippen molar-refractivity contribution in [1.82, 2.24) is 14.5 Å². The lowest BCUT2D eigenvalue weighted by Crippen LogP contribution is -2.03. The molecule has 0 N–H and O–H groups in total. The fourth-order valence-electron chi connectivity index (χ4n) is 6.80. The molecular formula is C40H27N3S. The van der Waals surface area contributed by atoms with Crippen molar-refractivity contribution in [3.63, 3.8) is 0 Å². The number of rotatable bonds is 3. The molecule has 0 fully saturated rings. The van der Waals surface area contributed by atoms with E-state index in [1.165, 1.54) is 53.2 Å². The molecule has 0 saturated carbocycles. The molecule has 208 valence electrons. The van der Waals surface area contributed by atoms with Gasteiger partial charge in [-0.2, -0.15) is 0 Å². The fourth-order valence-corrected chi connectivity index (χ4v) is 8.01. The average molecular weight is 582 g/mol. The van der Waals surface area contributed by atoms with Crippen LogP contribution in [0, 0.1) is 13.8 Å². The van der Waals surface area contributed by atoms with E-state index in [4.69, 9.17) is 9.97 Å². The first-order chi connectivity index (χ1) is 21.7. The van der Waals surface area contributed by atoms with E-state index in [0.717, 1.165) is 39.1 Å². The number of aryl methyl sites for hydroxylation is 2. The van der Waals surface area contributed by atoms with Crippen LogP contribution in [0.4, 0.5) is 0 Å². The molecular weight excluding hydrogens is 555 g/mol. The molecule has 9 aromatic rings. The quantitative estimate of drug-likeness (QED) is 0.208. The van der Waals surface area contributed by atoms with Gasteiger partial charge in [0.05, 0.1) is 16.6 Å². The SMILES string of the molecule is Cc1cc2c3ccccc3n(-c3nc(-c4ccccc4)nc4ccccc34)c2cc1-c1ccc2c(sc3ccccc32)c1C. The highest BCUT2D eigenvalue weighted by molar-refractivity contribution is 7.26. The molecule has 0 aliphatic rings. The summed E-state index contributed by atoms with van der Waals surface area (Å²) >= 11 is 1.89. The summed E-state index contributed by atoms with van der Waals surface area (Å²) in [5.74, 6) is 1.62. The number of hydrogen-bond donors (Lipinski definition) is 0. The second-order valence-electron chi connectivity index (χ2n) is 11.5. The zero-order chi connectivity index (χ0) is 29.4. The molecule has 3 heterocycles. The second-order valence-corrected chi connectivity index (χ2v) is 12.6. The molecule has 0 bridgehead atoms. The molecule has 0 radical (unpaired) electrons. The molecule has 9 rings (SSSR count). The first-order valence-electron chi connectivity index (χ1n) is 14.9. The van der Waals surface area contributed by atoms with E-state index in [9.17, 15) is 0 Å². The van der Waals surface area contributed by atoms with Crippen LogP contribution in [0.2, 0.25) is 0 Å². The second kappa shape index (κ2) is 9.60. The Kier molecular flexibility index (Phi) is 5.50. The van der Waals surface area contributed by atoms with Crippen molar-refractivity contribution in [2.45, 2.75) is 13.8 Å². The Bertz CT molecular complexity index is 2570. The maximum absolute atomic E-state index is 5.27. The minimum Gasteiger partial charge on any atom is -0.293 e. The van der Waals surface area contributed by atoms with Crippen LogP contribution >= 0.6 is 11.3 Å². The first kappa shape index (κ1) is 25.2. The van der Waals surface area contributed by atoms with Gasteiger partial charge in [-0.05, 0) is 72.5 Å². The molecule has 0 aliphatic heterocycles. The van der Waals surface area contributed by atoms with Crippen LogP contribution in [0.1, 0.15) is 11.1 Å². The highest BCUT2D eigenvalue weighted by Crippen LogP contribution is 2.42. The number of hydrogen-bond acceptors (Lipinski definition) is 3. The standard InChI is InChI=1S/C40H27N3S/c1-24-22-33-28-14-7-10-18-35(28)43(40-31-16-6-9-17-34(31)41-39(42-40)26-12-4-3-5-13-26)36(33)23-32(24)27-20-21-30-29-15-8-11-19-37(29)44-38(30)25(27)2/h3-23H,1-2H3. The van der Waals surface area contributed by atoms with Crippen LogP contribution < -0.4 is 0 Å². The molecule has 0 amide bonds. The van der Waals surface area contributed by atoms with Crippen molar-refractivity contribution >= 4 is 64.2 Å². The Morgan fingerprint density at radius 2 is 1.27 bits per heavy atom. The molecule has 0 unspecified atom stereocenters. The highest BCUT2D eigenvalue weighted by Gasteiger charge is 2.20. The number of thiophene rings is 1. The number of aromatic nitrogens is 3. The van der Waals surface area contributed by atoms with E-state index < -0.39 is 0 Å². The third-order valence-electron chi connectivity index (χ3n) is 8.93. The molecule has 4 heteroatoms. The van der Waals surface area contributed by atoms with Gasteiger partial charge < -0.3 is 0 Å². The third kappa shape index (κ3) is 3.68. The summed E-state index contributed by atoms with van der Waals surface area (Å²) in [5.41, 5.74) is 9.33. The highest BCUT2D eigenvalue weighted by atomic mass is 32.1. The van der Waals surface area contributed by atoms with Crippen LogP contribution in [0.15, 0.2) is 127 Å². The van der Waals surface area contributed by atoms with Gasteiger partial charge in [0.15, 0.2) is 5.82 Å². The Hall–Kier alpha value is -5.32. The molecule has 6 aromatic carbocycles. The molecule has 3 aromatic heterocycles. The van der Waals surface area contributed by atoms with E-state index in [1.54, 1.807) is 0 Å². The third-order valence-corrected chi connectivity index (χ3v) is 10.2. The maximum atomic E-state index is 5.27. The fraction of sp³-hybridized carbons (Fsp3) is 0.0500. The molecule has 3 nitrogen and oxygen atoms in total. The summed E-state index contributed by atoms with van der Waals surface area (Å²) in [6.45, 7) is 4.51. The molecule has 44 heavy (non-hydrogen) atoms. The number of nitrogens with zero attached hydrogens (tertiary/aromatic N) is 3. The minimum atomic E-state index is 0.726. The van der Waals surface area contributed by atoms with Crippen molar-refractivity contribution in [3.8, 4) is 28.3 Å². The van der Waals surface area contributed by atoms with E-state index in [1.807, 2.05) is 35.6 Å². The van der Waals surface area contributed by atoms with Gasteiger partial charge in [0, 0.05) is 41.9 Å². The van der Waals surface area contributed by atoms with Crippen molar-refractivity contribution in [1.29, 1.82) is 0 Å². The lowest BCUT2D eigenvalue weighted by molar-refractivity contribution is 1.07. The van der Waals surface area contributed by atoms with Crippen LogP contribution in [0.3, 0.4) is 0 Å². The molecule has 0 saturated heterocycles. The van der Waals surface area contributed by atoms with Gasteiger partial charge in [-0.3, -0.25) is 4.57 Å². The molecule has 0 atom stereocenters. The van der Waals surface area contributed by atoms with Gasteiger partial charge in [-0.25, -0.2) is 9.97 Å². The van der Waals surface area contributed by atoms with Gasteiger partial charge in [-0.15, -0.1) is 11.3 Å². The number of benzene rings is 6. The summed E-state index contributed by atoms with van der Waals surface area (Å²) < 4.78 is 5.04. The van der Waals surface area contributed by atoms with E-state index >= 15 is 0 Å². The van der Waals surface area contributed by atoms with Gasteiger partial charge in [0.1, 0.15) is 5.82 Å². The van der Waals surface area contributed by atoms with Gasteiger partial charge in [0.2, 0.25) is 0 Å². The minimum absolute atomic E-state index is 0.726. The lowest BCUT2D eigenvalue weighted by Gasteiger charge is -2.15. The van der Waals surface area contributed by atoms with Gasteiger partial charge in [0.25, 0.3) is 0 Å². The van der Waals surface area contributed by atoms with E-state index in [-0.39, 0.29) is 0 Å². The summed E-state index contributed by atoms with van der Waals surface area (Å²) in [7, 11) is 0. The zero-order valence-corrected chi connectivity index (χ0v) is 25.2. The van der Waals surface area contributed by atoms with Crippen LogP contribution in [-0.2, 0) is 0 Å². The van der Waals surface area contributed by atoms with Gasteiger partial charge >= 0.3 is 0 Å². The number of fused-ring (bicyclic) bond motifs is 7. The molecule has 0 spiro atoms. The topological polar surface area (TPSA) is 30.7 Å². The van der Waals surface area contributed by atoms with Crippen LogP contribution in [0.5, 0.6) is 0 Å². The Balaban J connectivity index is 1.36. The predicted octanol–water partition coefficient (Wildman–Crippen LogP) is 11.0. The van der Waals surface area contributed by atoms with Crippen molar-refractivity contribution in [2.24, 2.45) is 0 Å². The maximum Gasteiger partial charge on any atom is 0.162 e. The van der Waals surface area contributed by atoms with E-state index in [0.29, 0.717) is 0 Å². The largest absolute Gasteiger partial charge is 0.293 e. The summed E-state index contributed by atoms with van der Waals surface area (Å²) in [5, 5.41) is 6.14. The Labute approximate surface area is 258 Å². The van der Waals surface area contributed by atoms with Gasteiger partial charge in [-0.1, -0.05) is 91.0 Å². The predicted molar refractivity (Wildman–Crippen MR) is 187 cm³/mol. The summed E-state index contributed by atoms with van der Waals surface area (Å²) in [4.78, 5) is 10.3. The lowest BCUT2D eigenvalue weighted by atomic mass is 9.94. The van der Waals surface area contributed by atoms with Crippen molar-refractivity contribution in [3.05, 3.63) is 139 Å². The van der Waals surface area contributed by atoms with Crippen molar-refractivity contribution in [2.75, 3.05) is 0 Å². The normalized spacial score (nSPS) is 11.9. The first-order valence-corrected chi connectivity index (χ1v) is 15.7. The smallest absolute Gasteiger partial charge is 0.162 e. The summed E-state index contributed by atoms with van der Waals surface area (Å²) in [6, 6.07) is 45.4. The van der Waals surface area contributed by atoms with Crippen molar-refractivity contribution < 1.29 is 0 Å². The number of para-hydroxylation sites is 2. The Morgan fingerprint density at radius 3 is 2.14 bits per heavy atom. The van der Waals surface area contributed by atoms with E-state index in [2.05, 4.69) is 122 Å². The zero-order valence-electron chi connectivity index (χ0n) is 24.4. The Morgan fingerprint density at radius 1 is 0.545 bits per heavy atom. The monoisotopic (exact) mass is 581 g/mol.